The van der Waals surface area contributed by atoms with Gasteiger partial charge in [-0.2, -0.15) is 0 Å². The number of ether oxygens (including phenoxy) is 1. The van der Waals surface area contributed by atoms with Gasteiger partial charge in [0.15, 0.2) is 0 Å². The van der Waals surface area contributed by atoms with Gasteiger partial charge < -0.3 is 19.9 Å². The molecule has 3 fully saturated rings. The van der Waals surface area contributed by atoms with E-state index >= 15 is 0 Å². The Labute approximate surface area is 263 Å². The molecule has 2 saturated heterocycles. The van der Waals surface area contributed by atoms with Crippen LogP contribution >= 0.6 is 11.6 Å². The van der Waals surface area contributed by atoms with Crippen LogP contribution in [0, 0.1) is 0 Å². The third-order valence-corrected chi connectivity index (χ3v) is 11.7. The molecule has 2 aliphatic heterocycles. The van der Waals surface area contributed by atoms with E-state index in [0.29, 0.717) is 52.4 Å². The Bertz CT molecular complexity index is 1780. The van der Waals surface area contributed by atoms with Gasteiger partial charge >= 0.3 is 0 Å². The molecule has 2 aromatic carbocycles. The summed E-state index contributed by atoms with van der Waals surface area (Å²) in [6, 6.07) is 14.2. The van der Waals surface area contributed by atoms with E-state index in [-0.39, 0.29) is 5.25 Å². The number of methoxy groups -OCH3 is 1. The van der Waals surface area contributed by atoms with Crippen LogP contribution in [0.1, 0.15) is 25.7 Å². The number of anilines is 3. The molecule has 12 heteroatoms. The van der Waals surface area contributed by atoms with Gasteiger partial charge in [-0.25, -0.2) is 22.4 Å². The Morgan fingerprint density at radius 3 is 2.45 bits per heavy atom. The fourth-order valence-corrected chi connectivity index (χ4v) is 8.40. The Kier molecular flexibility index (Phi) is 7.90. The van der Waals surface area contributed by atoms with Crippen molar-refractivity contribution >= 4 is 49.9 Å². The van der Waals surface area contributed by atoms with Gasteiger partial charge in [0, 0.05) is 74.2 Å². The van der Waals surface area contributed by atoms with E-state index in [2.05, 4.69) is 44.2 Å². The summed E-state index contributed by atoms with van der Waals surface area (Å²) in [5.41, 5.74) is 3.58. The number of nitrogens with zero attached hydrogens (tertiary/aromatic N) is 6. The third kappa shape index (κ3) is 5.62. The summed E-state index contributed by atoms with van der Waals surface area (Å²) in [6.07, 6.45) is 6.86. The molecule has 0 atom stereocenters. The van der Waals surface area contributed by atoms with Crippen LogP contribution in [-0.4, -0.2) is 96.9 Å². The molecule has 1 saturated carbocycles. The van der Waals surface area contributed by atoms with Crippen LogP contribution in [0.15, 0.2) is 54.9 Å². The van der Waals surface area contributed by atoms with Gasteiger partial charge in [-0.3, -0.25) is 4.90 Å². The van der Waals surface area contributed by atoms with Crippen LogP contribution in [0.2, 0.25) is 5.02 Å². The Hall–Kier alpha value is -3.38. The average molecular weight is 636 g/mol. The Morgan fingerprint density at radius 2 is 1.73 bits per heavy atom. The summed E-state index contributed by atoms with van der Waals surface area (Å²) in [7, 11) is 0.367. The number of nitrogens with one attached hydrogen (secondary N) is 1. The topological polar surface area (TPSA) is 95.8 Å². The SMILES string of the molecule is COc1cc(N2CCC(N3CCN(C)CC3)CC2)ccc1Nc1ncc(Cl)c(-c2cn(S(=O)(=O)C3CC3)c3ccccc23)n1. The van der Waals surface area contributed by atoms with Crippen LogP contribution in [0.3, 0.4) is 0 Å². The number of halogens is 1. The molecule has 2 aromatic heterocycles. The molecule has 0 unspecified atom stereocenters. The fourth-order valence-electron chi connectivity index (χ4n) is 6.47. The first kappa shape index (κ1) is 29.3. The van der Waals surface area contributed by atoms with Crippen molar-refractivity contribution in [3.8, 4) is 17.0 Å². The molecule has 3 aliphatic rings. The minimum atomic E-state index is -3.49. The largest absolute Gasteiger partial charge is 0.494 e. The number of hydrogen-bond acceptors (Lipinski definition) is 9. The molecule has 232 valence electrons. The molecule has 10 nitrogen and oxygen atoms in total. The van der Waals surface area contributed by atoms with Gasteiger partial charge in [-0.1, -0.05) is 29.8 Å². The number of hydrogen-bond donors (Lipinski definition) is 1. The van der Waals surface area contributed by atoms with E-state index in [0.717, 1.165) is 68.9 Å². The van der Waals surface area contributed by atoms with E-state index in [1.165, 1.54) is 3.97 Å². The highest BCUT2D eigenvalue weighted by atomic mass is 35.5. The van der Waals surface area contributed by atoms with Crippen LogP contribution in [-0.2, 0) is 10.0 Å². The van der Waals surface area contributed by atoms with E-state index in [9.17, 15) is 8.42 Å². The molecular formula is C32H38ClN7O3S. The first-order valence-electron chi connectivity index (χ1n) is 15.3. The summed E-state index contributed by atoms with van der Waals surface area (Å²) in [5, 5.41) is 4.06. The predicted octanol–water partition coefficient (Wildman–Crippen LogP) is 5.06. The highest BCUT2D eigenvalue weighted by Gasteiger charge is 2.38. The number of rotatable bonds is 8. The molecule has 1 aliphatic carbocycles. The average Bonchev–Trinajstić information content (AvgIpc) is 3.84. The Morgan fingerprint density at radius 1 is 0.977 bits per heavy atom. The zero-order valence-corrected chi connectivity index (χ0v) is 26.7. The van der Waals surface area contributed by atoms with Crippen LogP contribution in [0.4, 0.5) is 17.3 Å². The van der Waals surface area contributed by atoms with E-state index in [4.69, 9.17) is 21.3 Å². The molecule has 4 heterocycles. The lowest BCUT2D eigenvalue weighted by molar-refractivity contribution is 0.0982. The van der Waals surface area contributed by atoms with Gasteiger partial charge in [0.25, 0.3) is 0 Å². The first-order valence-corrected chi connectivity index (χ1v) is 17.2. The standard InChI is InChI=1S/C32H38ClN7O3S/c1-37-15-17-39(18-16-37)22-11-13-38(14-12-22)23-7-10-28(30(19-23)43-2)35-32-34-20-27(33)31(36-32)26-21-40(44(41,42)24-8-9-24)29-6-4-3-5-25(26)29/h3-7,10,19-22,24H,8-9,11-18H2,1-2H3,(H,34,35,36). The lowest BCUT2D eigenvalue weighted by Gasteiger charge is -2.42. The highest BCUT2D eigenvalue weighted by Crippen LogP contribution is 2.39. The Balaban J connectivity index is 1.11. The van der Waals surface area contributed by atoms with Crippen molar-refractivity contribution in [2.75, 3.05) is 63.6 Å². The fraction of sp³-hybridized carbons (Fsp3) is 0.438. The molecule has 0 bridgehead atoms. The molecule has 0 spiro atoms. The molecule has 0 amide bonds. The molecule has 44 heavy (non-hydrogen) atoms. The first-order chi connectivity index (χ1) is 21.3. The molecule has 4 aromatic rings. The maximum Gasteiger partial charge on any atom is 0.241 e. The second kappa shape index (κ2) is 11.8. The summed E-state index contributed by atoms with van der Waals surface area (Å²) in [6.45, 7) is 6.64. The van der Waals surface area contributed by atoms with Crippen molar-refractivity contribution in [3.63, 3.8) is 0 Å². The number of likely N-dealkylation sites (N-methyl/N-ethyl adjacent to an activating group) is 1. The van der Waals surface area contributed by atoms with Crippen molar-refractivity contribution in [1.29, 1.82) is 0 Å². The summed E-state index contributed by atoms with van der Waals surface area (Å²) >= 11 is 6.62. The van der Waals surface area contributed by atoms with E-state index < -0.39 is 10.0 Å². The lowest BCUT2D eigenvalue weighted by Crippen LogP contribution is -2.52. The van der Waals surface area contributed by atoms with Gasteiger partial charge in [0.1, 0.15) is 5.75 Å². The smallest absolute Gasteiger partial charge is 0.241 e. The summed E-state index contributed by atoms with van der Waals surface area (Å²) < 4.78 is 33.6. The van der Waals surface area contributed by atoms with Gasteiger partial charge in [-0.05, 0) is 50.9 Å². The van der Waals surface area contributed by atoms with Gasteiger partial charge in [0.2, 0.25) is 16.0 Å². The minimum absolute atomic E-state index is 0.338. The maximum absolute atomic E-state index is 13.2. The number of aromatic nitrogens is 3. The number of benzene rings is 2. The highest BCUT2D eigenvalue weighted by molar-refractivity contribution is 7.91. The minimum Gasteiger partial charge on any atom is -0.494 e. The van der Waals surface area contributed by atoms with Crippen molar-refractivity contribution in [1.82, 2.24) is 23.7 Å². The van der Waals surface area contributed by atoms with Crippen molar-refractivity contribution < 1.29 is 13.2 Å². The maximum atomic E-state index is 13.2. The summed E-state index contributed by atoms with van der Waals surface area (Å²) in [4.78, 5) is 16.7. The van der Waals surface area contributed by atoms with Crippen molar-refractivity contribution in [2.24, 2.45) is 0 Å². The normalized spacial score (nSPS) is 19.0. The molecular weight excluding hydrogens is 598 g/mol. The predicted molar refractivity (Wildman–Crippen MR) is 176 cm³/mol. The quantitative estimate of drug-likeness (QED) is 0.285. The zero-order valence-electron chi connectivity index (χ0n) is 25.1. The van der Waals surface area contributed by atoms with E-state index in [1.54, 1.807) is 19.5 Å². The number of piperidine rings is 1. The molecule has 7 rings (SSSR count). The summed E-state index contributed by atoms with van der Waals surface area (Å²) in [5.74, 6) is 1.03. The number of piperazine rings is 1. The van der Waals surface area contributed by atoms with Crippen LogP contribution in [0.25, 0.3) is 22.2 Å². The molecule has 0 radical (unpaired) electrons. The third-order valence-electron chi connectivity index (χ3n) is 9.21. The van der Waals surface area contributed by atoms with Crippen LogP contribution < -0.4 is 15.0 Å². The second-order valence-corrected chi connectivity index (χ2v) is 14.6. The van der Waals surface area contributed by atoms with Gasteiger partial charge in [-0.15, -0.1) is 0 Å². The molecule has 1 N–H and O–H groups in total. The zero-order chi connectivity index (χ0) is 30.4. The van der Waals surface area contributed by atoms with Crippen molar-refractivity contribution in [2.45, 2.75) is 37.0 Å². The van der Waals surface area contributed by atoms with Crippen LogP contribution in [0.5, 0.6) is 5.75 Å². The number of para-hydroxylation sites is 1. The lowest BCUT2D eigenvalue weighted by atomic mass is 10.0. The van der Waals surface area contributed by atoms with Crippen molar-refractivity contribution in [3.05, 3.63) is 59.9 Å². The second-order valence-electron chi connectivity index (χ2n) is 12.1. The van der Waals surface area contributed by atoms with Gasteiger partial charge in [0.05, 0.1) is 40.5 Å². The number of fused-ring (bicyclic) bond motifs is 1. The van der Waals surface area contributed by atoms with E-state index in [1.807, 2.05) is 30.3 Å². The monoisotopic (exact) mass is 635 g/mol.